The fourth-order valence-electron chi connectivity index (χ4n) is 3.68. The highest BCUT2D eigenvalue weighted by atomic mass is 35.5. The molecule has 2 heterocycles. The number of ketones is 1. The topological polar surface area (TPSA) is 68.1 Å². The number of halogens is 4. The normalized spacial score (nSPS) is 10.9. The zero-order valence-electron chi connectivity index (χ0n) is 18.6. The first-order chi connectivity index (χ1) is 16.7. The molecule has 10 heteroatoms. The van der Waals surface area contributed by atoms with E-state index >= 15 is 0 Å². The number of Topliss-reactive ketones (excluding diaryl/α,β-unsaturated/α-hetero) is 1. The summed E-state index contributed by atoms with van der Waals surface area (Å²) in [5.41, 5.74) is 0.696. The molecule has 6 nitrogen and oxygen atoms in total. The van der Waals surface area contributed by atoms with Gasteiger partial charge in [0, 0.05) is 35.9 Å². The zero-order valence-corrected chi connectivity index (χ0v) is 20.1. The monoisotopic (exact) mass is 514 g/mol. The Morgan fingerprint density at radius 3 is 1.97 bits per heavy atom. The van der Waals surface area contributed by atoms with E-state index in [4.69, 9.17) is 23.2 Å². The number of carbonyl (C=O) groups excluding carboxylic acids is 1. The molecule has 0 saturated heterocycles. The van der Waals surface area contributed by atoms with E-state index < -0.39 is 23.0 Å². The second kappa shape index (κ2) is 9.93. The summed E-state index contributed by atoms with van der Waals surface area (Å²) in [5.74, 6) is -1.78. The molecule has 0 aliphatic carbocycles. The van der Waals surface area contributed by atoms with E-state index in [-0.39, 0.29) is 44.9 Å². The number of hydrogen-bond acceptors (Lipinski definition) is 5. The fourth-order valence-corrected chi connectivity index (χ4v) is 4.03. The molecule has 0 amide bonds. The Labute approximate surface area is 209 Å². The lowest BCUT2D eigenvalue weighted by molar-refractivity contribution is 0.101. The third kappa shape index (κ3) is 4.67. The number of aryl methyl sites for hydroxylation is 1. The van der Waals surface area contributed by atoms with Crippen LogP contribution in [0.3, 0.4) is 0 Å². The van der Waals surface area contributed by atoms with Gasteiger partial charge in [0.2, 0.25) is 0 Å². The van der Waals surface area contributed by atoms with Gasteiger partial charge in [0.15, 0.2) is 5.78 Å². The average Bonchev–Trinajstić information content (AvgIpc) is 2.84. The highest BCUT2D eigenvalue weighted by molar-refractivity contribution is 6.31. The zero-order chi connectivity index (χ0) is 25.3. The Hall–Kier alpha value is -3.62. The Balaban J connectivity index is 2.16. The maximum absolute atomic E-state index is 14.0. The number of benzene rings is 2. The molecule has 0 radical (unpaired) electrons. The Bertz CT molecular complexity index is 1440. The molecule has 0 saturated carbocycles. The predicted octanol–water partition coefficient (Wildman–Crippen LogP) is 6.58. The lowest BCUT2D eigenvalue weighted by Crippen LogP contribution is -2.31. The van der Waals surface area contributed by atoms with Crippen molar-refractivity contribution in [3.8, 4) is 11.3 Å². The van der Waals surface area contributed by atoms with Crippen molar-refractivity contribution in [1.82, 2.24) is 14.8 Å². The van der Waals surface area contributed by atoms with Gasteiger partial charge < -0.3 is 4.90 Å². The molecule has 0 aliphatic rings. The van der Waals surface area contributed by atoms with Gasteiger partial charge in [-0.2, -0.15) is 5.10 Å². The summed E-state index contributed by atoms with van der Waals surface area (Å²) in [6, 6.07) is 11.0. The molecule has 2 aromatic heterocycles. The Morgan fingerprint density at radius 1 is 0.971 bits per heavy atom. The van der Waals surface area contributed by atoms with Gasteiger partial charge >= 0.3 is 0 Å². The first kappa shape index (κ1) is 24.5. The van der Waals surface area contributed by atoms with Crippen molar-refractivity contribution in [2.45, 2.75) is 20.4 Å². The van der Waals surface area contributed by atoms with Crippen LogP contribution in [0.2, 0.25) is 10.0 Å². The summed E-state index contributed by atoms with van der Waals surface area (Å²) in [6.07, 6.45) is 3.08. The molecule has 0 fully saturated rings. The maximum atomic E-state index is 14.0. The van der Waals surface area contributed by atoms with Crippen molar-refractivity contribution in [2.24, 2.45) is 0 Å². The summed E-state index contributed by atoms with van der Waals surface area (Å²) in [5, 5.41) is 4.02. The lowest BCUT2D eigenvalue weighted by atomic mass is 10.0. The molecular weight excluding hydrogens is 497 g/mol. The van der Waals surface area contributed by atoms with E-state index in [2.05, 4.69) is 10.1 Å². The predicted molar refractivity (Wildman–Crippen MR) is 132 cm³/mol. The molecule has 0 atom stereocenters. The van der Waals surface area contributed by atoms with Crippen LogP contribution in [0.5, 0.6) is 0 Å². The van der Waals surface area contributed by atoms with Crippen molar-refractivity contribution >= 4 is 46.0 Å². The minimum absolute atomic E-state index is 0.0202. The van der Waals surface area contributed by atoms with Gasteiger partial charge in [-0.3, -0.25) is 14.6 Å². The second-order valence-corrected chi connectivity index (χ2v) is 8.33. The number of rotatable bonds is 6. The van der Waals surface area contributed by atoms with E-state index in [0.717, 1.165) is 12.1 Å². The first-order valence-electron chi connectivity index (χ1n) is 10.5. The summed E-state index contributed by atoms with van der Waals surface area (Å²) >= 11 is 12.1. The quantitative estimate of drug-likeness (QED) is 0.271. The minimum atomic E-state index is -0.669. The molecule has 4 aromatic rings. The molecule has 0 N–H and O–H groups in total. The first-order valence-corrected chi connectivity index (χ1v) is 11.2. The van der Waals surface area contributed by atoms with Crippen LogP contribution in [0.4, 0.5) is 25.8 Å². The molecular formula is C25H18Cl2F2N4O2. The van der Waals surface area contributed by atoms with Gasteiger partial charge in [-0.15, -0.1) is 0 Å². The molecule has 0 unspecified atom stereocenters. The van der Waals surface area contributed by atoms with E-state index in [9.17, 15) is 18.4 Å². The van der Waals surface area contributed by atoms with Gasteiger partial charge in [0.25, 0.3) is 5.56 Å². The lowest BCUT2D eigenvalue weighted by Gasteiger charge is -2.28. The average molecular weight is 515 g/mol. The Morgan fingerprint density at radius 2 is 1.51 bits per heavy atom. The maximum Gasteiger partial charge on any atom is 0.291 e. The van der Waals surface area contributed by atoms with Gasteiger partial charge in [-0.05, 0) is 62.4 Å². The number of pyridine rings is 1. The Kier molecular flexibility index (Phi) is 6.95. The van der Waals surface area contributed by atoms with Gasteiger partial charge in [0.1, 0.15) is 23.0 Å². The van der Waals surface area contributed by atoms with E-state index in [0.29, 0.717) is 5.56 Å². The second-order valence-electron chi connectivity index (χ2n) is 7.52. The van der Waals surface area contributed by atoms with E-state index in [1.165, 1.54) is 40.8 Å². The van der Waals surface area contributed by atoms with Crippen molar-refractivity contribution < 1.29 is 13.6 Å². The number of nitrogens with zero attached hydrogens (tertiary/aromatic N) is 4. The number of carbonyl (C=O) groups is 1. The van der Waals surface area contributed by atoms with Crippen molar-refractivity contribution in [1.29, 1.82) is 0 Å². The largest absolute Gasteiger partial charge is 0.305 e. The molecule has 4 rings (SSSR count). The highest BCUT2D eigenvalue weighted by Crippen LogP contribution is 2.39. The summed E-state index contributed by atoms with van der Waals surface area (Å²) in [6.45, 7) is 3.24. The van der Waals surface area contributed by atoms with Crippen LogP contribution in [-0.2, 0) is 6.54 Å². The molecule has 0 bridgehead atoms. The molecule has 0 spiro atoms. The molecule has 178 valence electrons. The van der Waals surface area contributed by atoms with E-state index in [1.54, 1.807) is 31.5 Å². The smallest absolute Gasteiger partial charge is 0.291 e. The molecule has 35 heavy (non-hydrogen) atoms. The van der Waals surface area contributed by atoms with Crippen LogP contribution >= 0.6 is 23.2 Å². The standard InChI is InChI=1S/C25H18Cl2F2N4O2/c1-3-32-25(35)24(22(14(2)34)23(31-32)15-8-10-30-11-9-15)33(16-4-6-20(28)18(26)12-16)17-5-7-21(29)19(27)13-17/h4-13H,3H2,1-2H3. The molecule has 2 aromatic carbocycles. The summed E-state index contributed by atoms with van der Waals surface area (Å²) in [7, 11) is 0. The van der Waals surface area contributed by atoms with E-state index in [1.807, 2.05) is 0 Å². The third-order valence-electron chi connectivity index (χ3n) is 5.28. The summed E-state index contributed by atoms with van der Waals surface area (Å²) in [4.78, 5) is 32.1. The van der Waals surface area contributed by atoms with Crippen molar-refractivity contribution in [2.75, 3.05) is 4.90 Å². The third-order valence-corrected chi connectivity index (χ3v) is 5.86. The number of aromatic nitrogens is 3. The van der Waals surface area contributed by atoms with Gasteiger partial charge in [-0.25, -0.2) is 13.5 Å². The van der Waals surface area contributed by atoms with Crippen molar-refractivity contribution in [3.63, 3.8) is 0 Å². The minimum Gasteiger partial charge on any atom is -0.305 e. The molecule has 0 aliphatic heterocycles. The van der Waals surface area contributed by atoms with Crippen LogP contribution in [0, 0.1) is 11.6 Å². The highest BCUT2D eigenvalue weighted by Gasteiger charge is 2.28. The van der Waals surface area contributed by atoms with Crippen LogP contribution in [-0.4, -0.2) is 20.5 Å². The number of anilines is 3. The van der Waals surface area contributed by atoms with Crippen LogP contribution in [0.15, 0.2) is 65.7 Å². The number of hydrogen-bond donors (Lipinski definition) is 0. The van der Waals surface area contributed by atoms with Gasteiger partial charge in [0.05, 0.1) is 15.6 Å². The summed E-state index contributed by atoms with van der Waals surface area (Å²) < 4.78 is 29.2. The fraction of sp³-hybridized carbons (Fsp3) is 0.120. The van der Waals surface area contributed by atoms with Gasteiger partial charge in [-0.1, -0.05) is 23.2 Å². The van der Waals surface area contributed by atoms with Crippen LogP contribution < -0.4 is 10.5 Å². The van der Waals surface area contributed by atoms with Crippen LogP contribution in [0.25, 0.3) is 11.3 Å². The SMILES string of the molecule is CCn1nc(-c2ccncc2)c(C(C)=O)c(N(c2ccc(F)c(Cl)c2)c2ccc(F)c(Cl)c2)c1=O. The van der Waals surface area contributed by atoms with Crippen molar-refractivity contribution in [3.05, 3.63) is 98.5 Å². The van der Waals surface area contributed by atoms with Crippen LogP contribution in [0.1, 0.15) is 24.2 Å².